The molecular formula is C6H9NOS. The molecule has 0 aromatic heterocycles. The van der Waals surface area contributed by atoms with Gasteiger partial charge in [0.15, 0.2) is 0 Å². The van der Waals surface area contributed by atoms with Crippen molar-refractivity contribution in [3.8, 4) is 0 Å². The predicted octanol–water partition coefficient (Wildman–Crippen LogP) is 1.41. The van der Waals surface area contributed by atoms with Crippen LogP contribution in [0.5, 0.6) is 0 Å². The molecule has 0 aliphatic carbocycles. The fourth-order valence-electron chi connectivity index (χ4n) is 0.596. The zero-order chi connectivity index (χ0) is 6.91. The predicted molar refractivity (Wildman–Crippen MR) is 39.3 cm³/mol. The maximum atomic E-state index is 9.06. The van der Waals surface area contributed by atoms with Gasteiger partial charge >= 0.3 is 0 Å². The highest BCUT2D eigenvalue weighted by molar-refractivity contribution is 7.81. The third kappa shape index (κ3) is 1.28. The second-order valence-corrected chi connectivity index (χ2v) is 3.04. The molecule has 1 heterocycles. The van der Waals surface area contributed by atoms with E-state index in [0.717, 1.165) is 5.06 Å². The van der Waals surface area contributed by atoms with E-state index < -0.39 is 4.87 Å². The first-order valence-electron chi connectivity index (χ1n) is 2.69. The van der Waals surface area contributed by atoms with Crippen LogP contribution >= 0.6 is 12.6 Å². The highest BCUT2D eigenvalue weighted by Gasteiger charge is 2.21. The summed E-state index contributed by atoms with van der Waals surface area (Å²) in [4.78, 5) is -0.547. The van der Waals surface area contributed by atoms with E-state index in [1.165, 1.54) is 0 Å². The zero-order valence-corrected chi connectivity index (χ0v) is 6.05. The Balaban J connectivity index is 2.78. The van der Waals surface area contributed by atoms with Crippen molar-refractivity contribution in [2.24, 2.45) is 0 Å². The molecule has 0 fully saturated rings. The molecule has 1 aliphatic rings. The summed E-state index contributed by atoms with van der Waals surface area (Å²) in [6.45, 7) is 1.80. The van der Waals surface area contributed by atoms with Crippen LogP contribution in [0, 0.1) is 0 Å². The van der Waals surface area contributed by atoms with Gasteiger partial charge < -0.3 is 0 Å². The lowest BCUT2D eigenvalue weighted by molar-refractivity contribution is -0.0720. The van der Waals surface area contributed by atoms with Gasteiger partial charge in [-0.25, -0.2) is 5.06 Å². The van der Waals surface area contributed by atoms with Crippen molar-refractivity contribution in [1.82, 2.24) is 5.06 Å². The van der Waals surface area contributed by atoms with E-state index in [2.05, 4.69) is 12.6 Å². The van der Waals surface area contributed by atoms with Crippen LogP contribution in [0.2, 0.25) is 0 Å². The van der Waals surface area contributed by atoms with Crippen LogP contribution in [0.25, 0.3) is 0 Å². The normalized spacial score (nSPS) is 33.4. The molecule has 0 radical (unpaired) electrons. The van der Waals surface area contributed by atoms with Gasteiger partial charge in [0.2, 0.25) is 0 Å². The highest BCUT2D eigenvalue weighted by atomic mass is 32.1. The van der Waals surface area contributed by atoms with Gasteiger partial charge in [0.1, 0.15) is 4.87 Å². The molecule has 2 nitrogen and oxygen atoms in total. The summed E-state index contributed by atoms with van der Waals surface area (Å²) in [5, 5.41) is 10.1. The molecule has 0 amide bonds. The van der Waals surface area contributed by atoms with Crippen LogP contribution < -0.4 is 0 Å². The maximum Gasteiger partial charge on any atom is 0.124 e. The van der Waals surface area contributed by atoms with Crippen molar-refractivity contribution < 1.29 is 5.21 Å². The first-order valence-corrected chi connectivity index (χ1v) is 3.14. The van der Waals surface area contributed by atoms with Gasteiger partial charge in [-0.05, 0) is 19.1 Å². The molecule has 0 aromatic carbocycles. The molecule has 9 heavy (non-hydrogen) atoms. The van der Waals surface area contributed by atoms with Crippen LogP contribution in [0.3, 0.4) is 0 Å². The molecule has 1 atom stereocenters. The molecule has 1 unspecified atom stereocenters. The van der Waals surface area contributed by atoms with Crippen molar-refractivity contribution in [2.75, 3.05) is 0 Å². The van der Waals surface area contributed by atoms with Crippen LogP contribution in [-0.4, -0.2) is 15.1 Å². The molecule has 1 N–H and O–H groups in total. The van der Waals surface area contributed by atoms with Crippen LogP contribution in [0.15, 0.2) is 24.4 Å². The maximum absolute atomic E-state index is 9.06. The van der Waals surface area contributed by atoms with Crippen molar-refractivity contribution in [1.29, 1.82) is 0 Å². The summed E-state index contributed by atoms with van der Waals surface area (Å²) in [5.41, 5.74) is 0. The Morgan fingerprint density at radius 1 is 1.56 bits per heavy atom. The third-order valence-corrected chi connectivity index (χ3v) is 1.57. The molecular weight excluding hydrogens is 134 g/mol. The summed E-state index contributed by atoms with van der Waals surface area (Å²) in [6.07, 6.45) is 6.96. The van der Waals surface area contributed by atoms with Crippen LogP contribution in [-0.2, 0) is 0 Å². The molecule has 0 saturated carbocycles. The van der Waals surface area contributed by atoms with Gasteiger partial charge in [-0.15, -0.1) is 12.6 Å². The molecule has 1 rings (SSSR count). The van der Waals surface area contributed by atoms with Gasteiger partial charge in [-0.1, -0.05) is 6.08 Å². The number of hydroxylamine groups is 2. The third-order valence-electron chi connectivity index (χ3n) is 1.21. The molecule has 0 saturated heterocycles. The van der Waals surface area contributed by atoms with E-state index in [1.807, 2.05) is 6.08 Å². The zero-order valence-electron chi connectivity index (χ0n) is 5.15. The Labute approximate surface area is 59.8 Å². The Morgan fingerprint density at radius 2 is 2.22 bits per heavy atom. The Bertz CT molecular complexity index is 162. The number of thiol groups is 1. The minimum absolute atomic E-state index is 0.547. The Kier molecular flexibility index (Phi) is 1.55. The van der Waals surface area contributed by atoms with E-state index in [-0.39, 0.29) is 0 Å². The average Bonchev–Trinajstić information content (AvgIpc) is 1.77. The first kappa shape index (κ1) is 6.71. The van der Waals surface area contributed by atoms with Gasteiger partial charge in [-0.3, -0.25) is 5.21 Å². The summed E-state index contributed by atoms with van der Waals surface area (Å²) in [5.74, 6) is 0. The minimum Gasteiger partial charge on any atom is -0.287 e. The van der Waals surface area contributed by atoms with Crippen LogP contribution in [0.1, 0.15) is 6.92 Å². The van der Waals surface area contributed by atoms with Crippen molar-refractivity contribution in [3.05, 3.63) is 24.4 Å². The summed E-state index contributed by atoms with van der Waals surface area (Å²) in [6, 6.07) is 0. The van der Waals surface area contributed by atoms with Crippen molar-refractivity contribution in [2.45, 2.75) is 11.8 Å². The van der Waals surface area contributed by atoms with Gasteiger partial charge in [0, 0.05) is 6.20 Å². The summed E-state index contributed by atoms with van der Waals surface area (Å²) in [7, 11) is 0. The lowest BCUT2D eigenvalue weighted by atomic mass is 10.2. The van der Waals surface area contributed by atoms with E-state index >= 15 is 0 Å². The lowest BCUT2D eigenvalue weighted by Gasteiger charge is -2.29. The summed E-state index contributed by atoms with van der Waals surface area (Å²) < 4.78 is 0. The Morgan fingerprint density at radius 3 is 2.56 bits per heavy atom. The summed E-state index contributed by atoms with van der Waals surface area (Å²) >= 11 is 4.15. The average molecular weight is 143 g/mol. The molecule has 0 aromatic rings. The fraction of sp³-hybridized carbons (Fsp3) is 0.333. The standard InChI is InChI=1S/C6H9NOS/c1-6(9)4-2-3-5-7(6)8/h2-5,8-9H,1H3. The highest BCUT2D eigenvalue weighted by Crippen LogP contribution is 2.22. The molecule has 3 heteroatoms. The van der Waals surface area contributed by atoms with Gasteiger partial charge in [-0.2, -0.15) is 0 Å². The second-order valence-electron chi connectivity index (χ2n) is 2.14. The number of nitrogens with zero attached hydrogens (tertiary/aromatic N) is 1. The van der Waals surface area contributed by atoms with Gasteiger partial charge in [0.25, 0.3) is 0 Å². The Hall–Kier alpha value is -0.410. The second kappa shape index (κ2) is 2.08. The smallest absolute Gasteiger partial charge is 0.124 e. The van der Waals surface area contributed by atoms with E-state index in [0.29, 0.717) is 0 Å². The lowest BCUT2D eigenvalue weighted by Crippen LogP contribution is -2.34. The number of allylic oxidation sites excluding steroid dienone is 2. The SMILES string of the molecule is CC1(S)C=CC=CN1O. The quantitative estimate of drug-likeness (QED) is 0.501. The number of rotatable bonds is 0. The van der Waals surface area contributed by atoms with Gasteiger partial charge in [0.05, 0.1) is 0 Å². The topological polar surface area (TPSA) is 23.5 Å². The van der Waals surface area contributed by atoms with E-state index in [4.69, 9.17) is 5.21 Å². The molecule has 0 bridgehead atoms. The monoisotopic (exact) mass is 143 g/mol. The number of hydrogen-bond donors (Lipinski definition) is 2. The molecule has 50 valence electrons. The molecule has 1 aliphatic heterocycles. The van der Waals surface area contributed by atoms with E-state index in [9.17, 15) is 0 Å². The largest absolute Gasteiger partial charge is 0.287 e. The fourth-order valence-corrected chi connectivity index (χ4v) is 0.749. The number of hydrogen-bond acceptors (Lipinski definition) is 3. The van der Waals surface area contributed by atoms with Crippen molar-refractivity contribution >= 4 is 12.6 Å². The molecule has 0 spiro atoms. The van der Waals surface area contributed by atoms with E-state index in [1.54, 1.807) is 25.3 Å². The van der Waals surface area contributed by atoms with Crippen molar-refractivity contribution in [3.63, 3.8) is 0 Å². The minimum atomic E-state index is -0.547. The van der Waals surface area contributed by atoms with Crippen LogP contribution in [0.4, 0.5) is 0 Å². The first-order chi connectivity index (χ1) is 4.13.